The Bertz CT molecular complexity index is 457. The third-order valence-corrected chi connectivity index (χ3v) is 4.68. The average molecular weight is 291 g/mol. The van der Waals surface area contributed by atoms with E-state index in [2.05, 4.69) is 23.7 Å². The summed E-state index contributed by atoms with van der Waals surface area (Å²) in [5.74, 6) is 0.804. The number of nitrogens with zero attached hydrogens (tertiary/aromatic N) is 2. The summed E-state index contributed by atoms with van der Waals surface area (Å²) in [7, 11) is 0. The molecule has 0 aromatic carbocycles. The van der Waals surface area contributed by atoms with E-state index in [9.17, 15) is 0 Å². The van der Waals surface area contributed by atoms with Crippen LogP contribution in [0.3, 0.4) is 0 Å². The third-order valence-electron chi connectivity index (χ3n) is 4.68. The van der Waals surface area contributed by atoms with Crippen LogP contribution in [-0.2, 0) is 0 Å². The highest BCUT2D eigenvalue weighted by Crippen LogP contribution is 2.35. The molecule has 1 aromatic heterocycles. The van der Waals surface area contributed by atoms with Crippen molar-refractivity contribution in [1.29, 1.82) is 0 Å². The Morgan fingerprint density at radius 1 is 1.33 bits per heavy atom. The van der Waals surface area contributed by atoms with Gasteiger partial charge in [0.1, 0.15) is 5.75 Å². The molecule has 118 valence electrons. The molecule has 0 saturated carbocycles. The average Bonchev–Trinajstić information content (AvgIpc) is 3.00. The molecule has 0 bridgehead atoms. The van der Waals surface area contributed by atoms with Crippen LogP contribution in [0.15, 0.2) is 18.5 Å². The Kier molecular flexibility index (Phi) is 5.22. The predicted octanol–water partition coefficient (Wildman–Crippen LogP) is 3.13. The quantitative estimate of drug-likeness (QED) is 0.875. The number of rotatable bonds is 6. The van der Waals surface area contributed by atoms with E-state index < -0.39 is 0 Å². The summed E-state index contributed by atoms with van der Waals surface area (Å²) in [6.45, 7) is 10.8. The fourth-order valence-corrected chi connectivity index (χ4v) is 3.17. The molecule has 4 nitrogen and oxygen atoms in total. The molecule has 1 fully saturated rings. The van der Waals surface area contributed by atoms with E-state index in [0.29, 0.717) is 0 Å². The monoisotopic (exact) mass is 291 g/mol. The SMILES string of the molecule is CCC(C)(C(N)c1cncc(OC(C)C)c1)N1CCCC1. The molecule has 1 aliphatic rings. The van der Waals surface area contributed by atoms with Gasteiger partial charge in [0.25, 0.3) is 0 Å². The van der Waals surface area contributed by atoms with Crippen molar-refractivity contribution in [1.82, 2.24) is 9.88 Å². The molecule has 2 atom stereocenters. The molecular weight excluding hydrogens is 262 g/mol. The van der Waals surface area contributed by atoms with Gasteiger partial charge >= 0.3 is 0 Å². The summed E-state index contributed by atoms with van der Waals surface area (Å²) in [5, 5.41) is 0. The maximum atomic E-state index is 6.63. The first kappa shape index (κ1) is 16.2. The minimum absolute atomic E-state index is 0.0192. The first-order valence-electron chi connectivity index (χ1n) is 8.09. The predicted molar refractivity (Wildman–Crippen MR) is 86.4 cm³/mol. The number of hydrogen-bond acceptors (Lipinski definition) is 4. The minimum atomic E-state index is -0.0520. The highest BCUT2D eigenvalue weighted by molar-refractivity contribution is 5.28. The third kappa shape index (κ3) is 3.55. The second kappa shape index (κ2) is 6.75. The number of ether oxygens (including phenoxy) is 1. The van der Waals surface area contributed by atoms with Crippen LogP contribution in [0.1, 0.15) is 58.6 Å². The number of pyridine rings is 1. The molecule has 2 rings (SSSR count). The Hall–Kier alpha value is -1.13. The zero-order valence-corrected chi connectivity index (χ0v) is 13.8. The summed E-state index contributed by atoms with van der Waals surface area (Å²) in [6, 6.07) is 1.99. The fourth-order valence-electron chi connectivity index (χ4n) is 3.17. The van der Waals surface area contributed by atoms with Gasteiger partial charge in [-0.15, -0.1) is 0 Å². The molecule has 2 heterocycles. The lowest BCUT2D eigenvalue weighted by atomic mass is 9.84. The Morgan fingerprint density at radius 3 is 2.57 bits per heavy atom. The highest BCUT2D eigenvalue weighted by atomic mass is 16.5. The van der Waals surface area contributed by atoms with Gasteiger partial charge in [0.05, 0.1) is 12.3 Å². The lowest BCUT2D eigenvalue weighted by Crippen LogP contribution is -2.51. The molecule has 1 aliphatic heterocycles. The first-order valence-corrected chi connectivity index (χ1v) is 8.09. The van der Waals surface area contributed by atoms with Crippen LogP contribution in [0, 0.1) is 0 Å². The molecular formula is C17H29N3O. The van der Waals surface area contributed by atoms with Crippen LogP contribution in [0.2, 0.25) is 0 Å². The van der Waals surface area contributed by atoms with Gasteiger partial charge in [0, 0.05) is 17.8 Å². The molecule has 21 heavy (non-hydrogen) atoms. The van der Waals surface area contributed by atoms with Crippen LogP contribution in [0.5, 0.6) is 5.75 Å². The number of nitrogens with two attached hydrogens (primary N) is 1. The standard InChI is InChI=1S/C17H29N3O/c1-5-17(4,20-8-6-7-9-20)16(18)14-10-15(12-19-11-14)21-13(2)3/h10-13,16H,5-9,18H2,1-4H3. The van der Waals surface area contributed by atoms with E-state index >= 15 is 0 Å². The summed E-state index contributed by atoms with van der Waals surface area (Å²) < 4.78 is 5.75. The van der Waals surface area contributed by atoms with E-state index in [1.807, 2.05) is 26.1 Å². The Morgan fingerprint density at radius 2 is 2.00 bits per heavy atom. The van der Waals surface area contributed by atoms with Crippen molar-refractivity contribution >= 4 is 0 Å². The van der Waals surface area contributed by atoms with Gasteiger partial charge in [-0.05, 0) is 64.8 Å². The van der Waals surface area contributed by atoms with E-state index in [1.54, 1.807) is 6.20 Å². The molecule has 1 saturated heterocycles. The maximum Gasteiger partial charge on any atom is 0.138 e. The van der Waals surface area contributed by atoms with E-state index in [0.717, 1.165) is 30.8 Å². The molecule has 0 amide bonds. The van der Waals surface area contributed by atoms with Crippen LogP contribution < -0.4 is 10.5 Å². The van der Waals surface area contributed by atoms with Gasteiger partial charge < -0.3 is 10.5 Å². The lowest BCUT2D eigenvalue weighted by molar-refractivity contribution is 0.0997. The van der Waals surface area contributed by atoms with Crippen LogP contribution in [-0.4, -0.2) is 34.6 Å². The largest absolute Gasteiger partial charge is 0.489 e. The zero-order valence-electron chi connectivity index (χ0n) is 13.8. The van der Waals surface area contributed by atoms with Crippen molar-refractivity contribution < 1.29 is 4.74 Å². The lowest BCUT2D eigenvalue weighted by Gasteiger charge is -2.43. The van der Waals surface area contributed by atoms with Crippen molar-refractivity contribution in [3.8, 4) is 5.75 Å². The Balaban J connectivity index is 2.22. The smallest absolute Gasteiger partial charge is 0.138 e. The van der Waals surface area contributed by atoms with Crippen molar-refractivity contribution in [3.05, 3.63) is 24.0 Å². The summed E-state index contributed by atoms with van der Waals surface area (Å²) in [6.07, 6.45) is 7.36. The minimum Gasteiger partial charge on any atom is -0.489 e. The second-order valence-electron chi connectivity index (χ2n) is 6.50. The molecule has 0 spiro atoms. The summed E-state index contributed by atoms with van der Waals surface area (Å²) in [4.78, 5) is 6.85. The van der Waals surface area contributed by atoms with Gasteiger partial charge in [-0.3, -0.25) is 9.88 Å². The van der Waals surface area contributed by atoms with Crippen LogP contribution in [0.4, 0.5) is 0 Å². The van der Waals surface area contributed by atoms with Crippen molar-refractivity contribution in [2.45, 2.75) is 64.6 Å². The summed E-state index contributed by atoms with van der Waals surface area (Å²) in [5.41, 5.74) is 7.67. The molecule has 2 unspecified atom stereocenters. The van der Waals surface area contributed by atoms with Gasteiger partial charge in [-0.1, -0.05) is 6.92 Å². The fraction of sp³-hybridized carbons (Fsp3) is 0.706. The summed E-state index contributed by atoms with van der Waals surface area (Å²) >= 11 is 0. The van der Waals surface area contributed by atoms with E-state index in [1.165, 1.54) is 12.8 Å². The molecule has 0 radical (unpaired) electrons. The van der Waals surface area contributed by atoms with Gasteiger partial charge in [0.15, 0.2) is 0 Å². The van der Waals surface area contributed by atoms with Gasteiger partial charge in [0.2, 0.25) is 0 Å². The highest BCUT2D eigenvalue weighted by Gasteiger charge is 2.38. The van der Waals surface area contributed by atoms with E-state index in [-0.39, 0.29) is 17.7 Å². The first-order chi connectivity index (χ1) is 9.97. The number of hydrogen-bond donors (Lipinski definition) is 1. The van der Waals surface area contributed by atoms with Crippen LogP contribution in [0.25, 0.3) is 0 Å². The van der Waals surface area contributed by atoms with E-state index in [4.69, 9.17) is 10.5 Å². The van der Waals surface area contributed by atoms with Gasteiger partial charge in [-0.25, -0.2) is 0 Å². The van der Waals surface area contributed by atoms with Crippen molar-refractivity contribution in [3.63, 3.8) is 0 Å². The molecule has 2 N–H and O–H groups in total. The second-order valence-corrected chi connectivity index (χ2v) is 6.50. The van der Waals surface area contributed by atoms with Crippen molar-refractivity contribution in [2.75, 3.05) is 13.1 Å². The normalized spacial score (nSPS) is 20.5. The van der Waals surface area contributed by atoms with Crippen LogP contribution >= 0.6 is 0 Å². The molecule has 1 aromatic rings. The number of likely N-dealkylation sites (tertiary alicyclic amines) is 1. The zero-order chi connectivity index (χ0) is 15.5. The van der Waals surface area contributed by atoms with Crippen molar-refractivity contribution in [2.24, 2.45) is 5.73 Å². The Labute approximate surface area is 128 Å². The molecule has 4 heteroatoms. The maximum absolute atomic E-state index is 6.63. The topological polar surface area (TPSA) is 51.4 Å². The molecule has 0 aliphatic carbocycles. The number of aromatic nitrogens is 1. The van der Waals surface area contributed by atoms with Gasteiger partial charge in [-0.2, -0.15) is 0 Å².